The molecule has 342 valence electrons. The van der Waals surface area contributed by atoms with Gasteiger partial charge in [0.1, 0.15) is 0 Å². The van der Waals surface area contributed by atoms with Crippen LogP contribution < -0.4 is 9.80 Å². The molecule has 0 saturated carbocycles. The van der Waals surface area contributed by atoms with Gasteiger partial charge in [-0.2, -0.15) is 0 Å². The number of hydrogen-bond donors (Lipinski definition) is 0. The van der Waals surface area contributed by atoms with Crippen LogP contribution >= 0.6 is 0 Å². The van der Waals surface area contributed by atoms with E-state index in [9.17, 15) is 0 Å². The average molecular weight is 849 g/mol. The molecule has 1 aliphatic carbocycles. The molecule has 0 heterocycles. The van der Waals surface area contributed by atoms with Crippen molar-refractivity contribution < 1.29 is 0 Å². The van der Waals surface area contributed by atoms with Crippen LogP contribution in [0.4, 0.5) is 22.7 Å². The lowest BCUT2D eigenvalue weighted by atomic mass is 9.68. The van der Waals surface area contributed by atoms with Crippen LogP contribution in [0.2, 0.25) is 0 Å². The molecular weight excluding hydrogens is 761 g/mol. The van der Waals surface area contributed by atoms with Crippen molar-refractivity contribution in [2.24, 2.45) is 0 Å². The molecule has 2 heteroatoms. The van der Waals surface area contributed by atoms with Crippen molar-refractivity contribution in [1.29, 1.82) is 0 Å². The standard InChI is InChI=1S/C61H88N2/c1-13-19-23-25-43-61(44-26-24-20-14-2)57(48(8)56-42-33-51(46-58(56)61)59(9,10)17-5)45-47(7)62(52-34-29-49(30-35-52)27-21-15-3)53-38-40-55(41-39-53)63(60(11,12)18-6)54-36-31-50(32-37-54)28-22-16-4/h29-42,45-46H,13-28,43-44H2,1-12H3/b47-45+. The van der Waals surface area contributed by atoms with Crippen LogP contribution in [0.3, 0.4) is 0 Å². The number of allylic oxidation sites excluding steroid dienone is 4. The Labute approximate surface area is 387 Å². The normalized spacial score (nSPS) is 14.1. The first-order chi connectivity index (χ1) is 30.3. The van der Waals surface area contributed by atoms with Crippen LogP contribution in [0.15, 0.2) is 108 Å². The smallest absolute Gasteiger partial charge is 0.0459 e. The van der Waals surface area contributed by atoms with Crippen LogP contribution in [-0.2, 0) is 23.7 Å². The maximum Gasteiger partial charge on any atom is 0.0459 e. The number of rotatable bonds is 26. The number of hydrogen-bond acceptors (Lipinski definition) is 2. The molecule has 0 N–H and O–H groups in total. The molecule has 4 aromatic carbocycles. The third-order valence-electron chi connectivity index (χ3n) is 15.0. The fourth-order valence-electron chi connectivity index (χ4n) is 10.1. The zero-order chi connectivity index (χ0) is 45.6. The summed E-state index contributed by atoms with van der Waals surface area (Å²) in [6.45, 7) is 28.3. The zero-order valence-electron chi connectivity index (χ0n) is 42.4. The largest absolute Gasteiger partial charge is 0.336 e. The van der Waals surface area contributed by atoms with Crippen molar-refractivity contribution >= 4 is 28.3 Å². The van der Waals surface area contributed by atoms with Gasteiger partial charge in [-0.25, -0.2) is 0 Å². The number of aryl methyl sites for hydroxylation is 2. The number of benzene rings is 4. The van der Waals surface area contributed by atoms with Gasteiger partial charge in [-0.1, -0.05) is 162 Å². The van der Waals surface area contributed by atoms with Crippen LogP contribution in [0.5, 0.6) is 0 Å². The van der Waals surface area contributed by atoms with Gasteiger partial charge < -0.3 is 9.80 Å². The lowest BCUT2D eigenvalue weighted by Gasteiger charge is -2.40. The molecule has 5 rings (SSSR count). The Bertz CT molecular complexity index is 2040. The maximum atomic E-state index is 2.66. The molecule has 2 nitrogen and oxygen atoms in total. The minimum Gasteiger partial charge on any atom is -0.336 e. The fraction of sp³-hybridized carbons (Fsp3) is 0.541. The molecule has 0 spiro atoms. The van der Waals surface area contributed by atoms with E-state index in [-0.39, 0.29) is 16.4 Å². The molecule has 0 atom stereocenters. The molecule has 0 radical (unpaired) electrons. The van der Waals surface area contributed by atoms with Gasteiger partial charge in [0.15, 0.2) is 0 Å². The zero-order valence-corrected chi connectivity index (χ0v) is 42.4. The molecule has 4 aromatic rings. The van der Waals surface area contributed by atoms with Gasteiger partial charge in [-0.15, -0.1) is 0 Å². The Morgan fingerprint density at radius 3 is 1.46 bits per heavy atom. The average Bonchev–Trinajstić information content (AvgIpc) is 3.51. The highest BCUT2D eigenvalue weighted by atomic mass is 15.2. The van der Waals surface area contributed by atoms with Crippen LogP contribution in [-0.4, -0.2) is 5.54 Å². The van der Waals surface area contributed by atoms with Gasteiger partial charge in [-0.05, 0) is 178 Å². The van der Waals surface area contributed by atoms with E-state index in [1.165, 1.54) is 146 Å². The van der Waals surface area contributed by atoms with Crippen molar-refractivity contribution in [2.75, 3.05) is 9.80 Å². The highest BCUT2D eigenvalue weighted by molar-refractivity contribution is 5.83. The van der Waals surface area contributed by atoms with E-state index in [1.54, 1.807) is 11.1 Å². The van der Waals surface area contributed by atoms with Crippen molar-refractivity contribution in [3.8, 4) is 0 Å². The highest BCUT2D eigenvalue weighted by Gasteiger charge is 2.43. The SMILES string of the molecule is CCCCCCC1(CCCCCC)C(/C=C(\C)N(c2ccc(CCCC)cc2)c2ccc(N(c3ccc(CCCC)cc3)C(C)(C)CC)cc2)=C(C)c2ccc(C(C)(C)CC)cc21. The van der Waals surface area contributed by atoms with Gasteiger partial charge in [0, 0.05) is 39.4 Å². The molecule has 0 fully saturated rings. The Kier molecular flexibility index (Phi) is 18.4. The van der Waals surface area contributed by atoms with Gasteiger partial charge >= 0.3 is 0 Å². The number of anilines is 4. The summed E-state index contributed by atoms with van der Waals surface area (Å²) in [4.78, 5) is 5.10. The molecule has 0 amide bonds. The summed E-state index contributed by atoms with van der Waals surface area (Å²) in [6.07, 6.45) is 24.7. The van der Waals surface area contributed by atoms with Gasteiger partial charge in [-0.3, -0.25) is 0 Å². The van der Waals surface area contributed by atoms with Gasteiger partial charge in [0.25, 0.3) is 0 Å². The summed E-state index contributed by atoms with van der Waals surface area (Å²) >= 11 is 0. The van der Waals surface area contributed by atoms with E-state index in [4.69, 9.17) is 0 Å². The summed E-state index contributed by atoms with van der Waals surface area (Å²) in [5.41, 5.74) is 16.7. The first-order valence-electron chi connectivity index (χ1n) is 25.7. The van der Waals surface area contributed by atoms with Crippen LogP contribution in [0.25, 0.3) is 5.57 Å². The summed E-state index contributed by atoms with van der Waals surface area (Å²) in [5, 5.41) is 0. The molecule has 1 aliphatic rings. The van der Waals surface area contributed by atoms with Crippen LogP contribution in [0.1, 0.15) is 214 Å². The third kappa shape index (κ3) is 12.0. The predicted octanol–water partition coefficient (Wildman–Crippen LogP) is 19.1. The molecule has 0 bridgehead atoms. The molecular formula is C61H88N2. The first kappa shape index (κ1) is 50.0. The molecule has 63 heavy (non-hydrogen) atoms. The number of fused-ring (bicyclic) bond motifs is 1. The first-order valence-corrected chi connectivity index (χ1v) is 25.7. The summed E-state index contributed by atoms with van der Waals surface area (Å²) in [6, 6.07) is 35.9. The van der Waals surface area contributed by atoms with E-state index in [2.05, 4.69) is 190 Å². The second-order valence-electron chi connectivity index (χ2n) is 20.4. The highest BCUT2D eigenvalue weighted by Crippen LogP contribution is 2.54. The monoisotopic (exact) mass is 849 g/mol. The predicted molar refractivity (Wildman–Crippen MR) is 281 cm³/mol. The maximum absolute atomic E-state index is 2.66. The Morgan fingerprint density at radius 2 is 1.00 bits per heavy atom. The Balaban J connectivity index is 1.66. The molecule has 0 unspecified atom stereocenters. The van der Waals surface area contributed by atoms with Gasteiger partial charge in [0.05, 0.1) is 0 Å². The Morgan fingerprint density at radius 1 is 0.540 bits per heavy atom. The minimum absolute atomic E-state index is 0.000146. The summed E-state index contributed by atoms with van der Waals surface area (Å²) < 4.78 is 0. The lowest BCUT2D eigenvalue weighted by Crippen LogP contribution is -2.40. The lowest BCUT2D eigenvalue weighted by molar-refractivity contribution is 0.396. The van der Waals surface area contributed by atoms with Crippen molar-refractivity contribution in [1.82, 2.24) is 0 Å². The fourth-order valence-corrected chi connectivity index (χ4v) is 10.1. The van der Waals surface area contributed by atoms with E-state index in [0.29, 0.717) is 0 Å². The molecule has 0 aromatic heterocycles. The van der Waals surface area contributed by atoms with E-state index in [1.807, 2.05) is 0 Å². The quantitative estimate of drug-likeness (QED) is 0.0581. The van der Waals surface area contributed by atoms with E-state index < -0.39 is 0 Å². The van der Waals surface area contributed by atoms with Crippen molar-refractivity contribution in [2.45, 2.75) is 215 Å². The summed E-state index contributed by atoms with van der Waals surface area (Å²) in [5.74, 6) is 0. The minimum atomic E-state index is -0.0540. The number of unbranched alkanes of at least 4 members (excludes halogenated alkanes) is 8. The van der Waals surface area contributed by atoms with Crippen LogP contribution in [0, 0.1) is 0 Å². The summed E-state index contributed by atoms with van der Waals surface area (Å²) in [7, 11) is 0. The second-order valence-corrected chi connectivity index (χ2v) is 20.4. The topological polar surface area (TPSA) is 6.48 Å². The second kappa shape index (κ2) is 23.2. The Hall–Kier alpha value is -4.04. The number of nitrogens with zero attached hydrogens (tertiary/aromatic N) is 2. The van der Waals surface area contributed by atoms with E-state index >= 15 is 0 Å². The van der Waals surface area contributed by atoms with Crippen molar-refractivity contribution in [3.05, 3.63) is 136 Å². The van der Waals surface area contributed by atoms with Crippen molar-refractivity contribution in [3.63, 3.8) is 0 Å². The van der Waals surface area contributed by atoms with E-state index in [0.717, 1.165) is 25.7 Å². The van der Waals surface area contributed by atoms with Gasteiger partial charge in [0.2, 0.25) is 0 Å². The molecule has 0 saturated heterocycles. The molecule has 0 aliphatic heterocycles. The third-order valence-corrected chi connectivity index (χ3v) is 15.0.